The molecular formula is C8H10BrF3N2S. The molecule has 1 aromatic rings. The predicted octanol–water partition coefficient (Wildman–Crippen LogP) is 4.05. The summed E-state index contributed by atoms with van der Waals surface area (Å²) >= 11 is 4.61. The van der Waals surface area contributed by atoms with Gasteiger partial charge in [-0.15, -0.1) is 11.3 Å². The highest BCUT2D eigenvalue weighted by atomic mass is 79.9. The van der Waals surface area contributed by atoms with Crippen molar-refractivity contribution < 1.29 is 13.2 Å². The van der Waals surface area contributed by atoms with Crippen LogP contribution in [0.2, 0.25) is 0 Å². The molecule has 0 unspecified atom stereocenters. The highest BCUT2D eigenvalue weighted by Crippen LogP contribution is 2.22. The molecule has 0 fully saturated rings. The monoisotopic (exact) mass is 302 g/mol. The molecule has 1 N–H and O–H groups in total. The molecule has 0 aromatic carbocycles. The Balaban J connectivity index is 2.07. The fourth-order valence-electron chi connectivity index (χ4n) is 0.981. The number of alkyl halides is 3. The zero-order valence-electron chi connectivity index (χ0n) is 7.77. The maximum absolute atomic E-state index is 11.8. The van der Waals surface area contributed by atoms with Crippen molar-refractivity contribution in [2.75, 3.05) is 11.9 Å². The van der Waals surface area contributed by atoms with Gasteiger partial charge in [0, 0.05) is 18.3 Å². The average molecular weight is 303 g/mol. The van der Waals surface area contributed by atoms with E-state index < -0.39 is 12.6 Å². The number of thiazole rings is 1. The lowest BCUT2D eigenvalue weighted by Crippen LogP contribution is -2.08. The molecule has 0 aliphatic carbocycles. The van der Waals surface area contributed by atoms with E-state index in [0.717, 1.165) is 9.73 Å². The Kier molecular flexibility index (Phi) is 4.85. The molecule has 0 aliphatic heterocycles. The van der Waals surface area contributed by atoms with E-state index in [9.17, 15) is 13.2 Å². The van der Waals surface area contributed by atoms with E-state index in [1.165, 1.54) is 11.3 Å². The lowest BCUT2D eigenvalue weighted by Gasteiger charge is -2.05. The van der Waals surface area contributed by atoms with Gasteiger partial charge in [-0.1, -0.05) is 0 Å². The van der Waals surface area contributed by atoms with Crippen LogP contribution in [0.1, 0.15) is 19.3 Å². The van der Waals surface area contributed by atoms with Crippen LogP contribution in [-0.4, -0.2) is 17.7 Å². The van der Waals surface area contributed by atoms with Crippen LogP contribution in [0.15, 0.2) is 9.98 Å². The van der Waals surface area contributed by atoms with Gasteiger partial charge in [-0.2, -0.15) is 13.2 Å². The SMILES string of the molecule is FC(F)(F)CCCCNc1nc(Br)cs1. The summed E-state index contributed by atoms with van der Waals surface area (Å²) in [7, 11) is 0. The van der Waals surface area contributed by atoms with Gasteiger partial charge in [-0.3, -0.25) is 0 Å². The summed E-state index contributed by atoms with van der Waals surface area (Å²) in [6, 6.07) is 0. The molecule has 0 saturated heterocycles. The van der Waals surface area contributed by atoms with Crippen LogP contribution in [-0.2, 0) is 0 Å². The van der Waals surface area contributed by atoms with Crippen LogP contribution in [0.4, 0.5) is 18.3 Å². The molecule has 0 atom stereocenters. The van der Waals surface area contributed by atoms with Gasteiger partial charge in [0.05, 0.1) is 0 Å². The minimum Gasteiger partial charge on any atom is -0.361 e. The molecule has 1 heterocycles. The molecule has 0 saturated carbocycles. The first-order chi connectivity index (χ1) is 6.97. The standard InChI is InChI=1S/C8H10BrF3N2S/c9-6-5-15-7(14-6)13-4-2-1-3-8(10,11)12/h5H,1-4H2,(H,13,14). The highest BCUT2D eigenvalue weighted by Gasteiger charge is 2.25. The first kappa shape index (κ1) is 12.8. The van der Waals surface area contributed by atoms with Crippen molar-refractivity contribution in [2.24, 2.45) is 0 Å². The highest BCUT2D eigenvalue weighted by molar-refractivity contribution is 9.10. The van der Waals surface area contributed by atoms with E-state index >= 15 is 0 Å². The molecule has 86 valence electrons. The van der Waals surface area contributed by atoms with E-state index in [1.54, 1.807) is 0 Å². The van der Waals surface area contributed by atoms with Crippen molar-refractivity contribution in [1.82, 2.24) is 4.98 Å². The number of hydrogen-bond acceptors (Lipinski definition) is 3. The van der Waals surface area contributed by atoms with Gasteiger partial charge < -0.3 is 5.32 Å². The fourth-order valence-corrected chi connectivity index (χ4v) is 2.15. The number of unbranched alkanes of at least 4 members (excludes halogenated alkanes) is 1. The number of hydrogen-bond donors (Lipinski definition) is 1. The molecule has 0 aliphatic rings. The number of rotatable bonds is 5. The van der Waals surface area contributed by atoms with Crippen molar-refractivity contribution in [3.63, 3.8) is 0 Å². The van der Waals surface area contributed by atoms with E-state index in [2.05, 4.69) is 26.2 Å². The molecular weight excluding hydrogens is 293 g/mol. The van der Waals surface area contributed by atoms with Crippen molar-refractivity contribution in [3.8, 4) is 0 Å². The first-order valence-electron chi connectivity index (χ1n) is 4.39. The van der Waals surface area contributed by atoms with Crippen molar-refractivity contribution >= 4 is 32.4 Å². The molecule has 0 amide bonds. The number of anilines is 1. The second-order valence-electron chi connectivity index (χ2n) is 2.97. The van der Waals surface area contributed by atoms with Crippen molar-refractivity contribution in [2.45, 2.75) is 25.4 Å². The molecule has 0 radical (unpaired) electrons. The van der Waals surface area contributed by atoms with Crippen LogP contribution in [0.5, 0.6) is 0 Å². The minimum atomic E-state index is -4.04. The summed E-state index contributed by atoms with van der Waals surface area (Å²) in [5.74, 6) is 0. The maximum Gasteiger partial charge on any atom is 0.389 e. The fraction of sp³-hybridized carbons (Fsp3) is 0.625. The van der Waals surface area contributed by atoms with Gasteiger partial charge in [-0.05, 0) is 28.8 Å². The van der Waals surface area contributed by atoms with Crippen LogP contribution >= 0.6 is 27.3 Å². The van der Waals surface area contributed by atoms with Crippen LogP contribution in [0.25, 0.3) is 0 Å². The van der Waals surface area contributed by atoms with E-state index in [4.69, 9.17) is 0 Å². The Morgan fingerprint density at radius 1 is 1.40 bits per heavy atom. The molecule has 7 heteroatoms. The smallest absolute Gasteiger partial charge is 0.361 e. The van der Waals surface area contributed by atoms with Crippen LogP contribution in [0.3, 0.4) is 0 Å². The lowest BCUT2D eigenvalue weighted by atomic mass is 10.2. The third kappa shape index (κ3) is 5.99. The van der Waals surface area contributed by atoms with Gasteiger partial charge >= 0.3 is 6.18 Å². The molecule has 15 heavy (non-hydrogen) atoms. The summed E-state index contributed by atoms with van der Waals surface area (Å²) in [6.07, 6.45) is -4.10. The van der Waals surface area contributed by atoms with Crippen LogP contribution in [0, 0.1) is 0 Å². The number of aromatic nitrogens is 1. The third-order valence-electron chi connectivity index (χ3n) is 1.64. The second kappa shape index (κ2) is 5.69. The average Bonchev–Trinajstić information content (AvgIpc) is 2.49. The molecule has 2 nitrogen and oxygen atoms in total. The predicted molar refractivity (Wildman–Crippen MR) is 58.2 cm³/mol. The Labute approximate surface area is 98.0 Å². The minimum absolute atomic E-state index is 0.156. The summed E-state index contributed by atoms with van der Waals surface area (Å²) in [4.78, 5) is 4.06. The first-order valence-corrected chi connectivity index (χ1v) is 6.06. The number of halogens is 4. The topological polar surface area (TPSA) is 24.9 Å². The summed E-state index contributed by atoms with van der Waals surface area (Å²) < 4.78 is 36.1. The zero-order valence-corrected chi connectivity index (χ0v) is 10.2. The Morgan fingerprint density at radius 2 is 2.13 bits per heavy atom. The van der Waals surface area contributed by atoms with E-state index in [1.807, 2.05) is 5.38 Å². The van der Waals surface area contributed by atoms with Crippen LogP contribution < -0.4 is 5.32 Å². The van der Waals surface area contributed by atoms with Crippen molar-refractivity contribution in [1.29, 1.82) is 0 Å². The van der Waals surface area contributed by atoms with E-state index in [0.29, 0.717) is 13.0 Å². The van der Waals surface area contributed by atoms with E-state index in [-0.39, 0.29) is 6.42 Å². The molecule has 0 spiro atoms. The van der Waals surface area contributed by atoms with Gasteiger partial charge in [0.1, 0.15) is 4.60 Å². The summed E-state index contributed by atoms with van der Waals surface area (Å²) in [5, 5.41) is 5.51. The van der Waals surface area contributed by atoms with Gasteiger partial charge in [0.25, 0.3) is 0 Å². The lowest BCUT2D eigenvalue weighted by molar-refractivity contribution is -0.135. The molecule has 0 bridgehead atoms. The largest absolute Gasteiger partial charge is 0.389 e. The maximum atomic E-state index is 11.8. The van der Waals surface area contributed by atoms with Crippen molar-refractivity contribution in [3.05, 3.63) is 9.98 Å². The molecule has 1 rings (SSSR count). The Hall–Kier alpha value is -0.300. The second-order valence-corrected chi connectivity index (χ2v) is 4.65. The Morgan fingerprint density at radius 3 is 2.67 bits per heavy atom. The summed E-state index contributed by atoms with van der Waals surface area (Å²) in [5.41, 5.74) is 0. The van der Waals surface area contributed by atoms with Gasteiger partial charge in [0.15, 0.2) is 5.13 Å². The number of nitrogens with one attached hydrogen (secondary N) is 1. The quantitative estimate of drug-likeness (QED) is 0.830. The summed E-state index contributed by atoms with van der Waals surface area (Å²) in [6.45, 7) is 0.524. The zero-order chi connectivity index (χ0) is 11.3. The number of nitrogens with zero attached hydrogens (tertiary/aromatic N) is 1. The van der Waals surface area contributed by atoms with Gasteiger partial charge in [0.2, 0.25) is 0 Å². The molecule has 1 aromatic heterocycles. The normalized spacial score (nSPS) is 11.7. The van der Waals surface area contributed by atoms with Gasteiger partial charge in [-0.25, -0.2) is 4.98 Å². The Bertz CT molecular complexity index is 300. The third-order valence-corrected chi connectivity index (χ3v) is 3.15.